The van der Waals surface area contributed by atoms with Gasteiger partial charge < -0.3 is 10.4 Å². The first-order valence-electron chi connectivity index (χ1n) is 5.46. The van der Waals surface area contributed by atoms with Crippen LogP contribution in [0.3, 0.4) is 0 Å². The van der Waals surface area contributed by atoms with E-state index in [0.29, 0.717) is 23.2 Å². The molecule has 1 saturated carbocycles. The number of nitrogens with zero attached hydrogens (tertiary/aromatic N) is 1. The minimum Gasteiger partial charge on any atom is -0.477 e. The van der Waals surface area contributed by atoms with Crippen LogP contribution in [0.1, 0.15) is 33.7 Å². The molecule has 0 saturated heterocycles. The summed E-state index contributed by atoms with van der Waals surface area (Å²) in [5.74, 6) is -0.312. The molecule has 1 heterocycles. The Morgan fingerprint density at radius 3 is 2.71 bits per heavy atom. The number of aryl methyl sites for hydroxylation is 1. The van der Waals surface area contributed by atoms with Gasteiger partial charge in [0, 0.05) is 5.92 Å². The van der Waals surface area contributed by atoms with E-state index in [-0.39, 0.29) is 16.7 Å². The number of carbonyl (C=O) groups excluding carboxylic acids is 1. The van der Waals surface area contributed by atoms with Crippen LogP contribution in [0.15, 0.2) is 0 Å². The molecule has 1 amide bonds. The summed E-state index contributed by atoms with van der Waals surface area (Å²) < 4.78 is 0. The van der Waals surface area contributed by atoms with Gasteiger partial charge in [-0.1, -0.05) is 6.92 Å². The van der Waals surface area contributed by atoms with Crippen LogP contribution >= 0.6 is 11.3 Å². The van der Waals surface area contributed by atoms with Gasteiger partial charge in [-0.15, -0.1) is 11.3 Å². The van der Waals surface area contributed by atoms with Gasteiger partial charge >= 0.3 is 5.97 Å². The largest absolute Gasteiger partial charge is 0.477 e. The highest BCUT2D eigenvalue weighted by Gasteiger charge is 2.38. The molecular weight excluding hydrogens is 240 g/mol. The van der Waals surface area contributed by atoms with E-state index >= 15 is 0 Å². The molecule has 2 atom stereocenters. The number of nitrogens with one attached hydrogen (secondary N) is 1. The molecule has 0 spiro atoms. The lowest BCUT2D eigenvalue weighted by molar-refractivity contribution is -0.122. The Bertz CT molecular complexity index is 469. The molecule has 17 heavy (non-hydrogen) atoms. The highest BCUT2D eigenvalue weighted by molar-refractivity contribution is 7.13. The Morgan fingerprint density at radius 1 is 1.59 bits per heavy atom. The molecule has 1 aliphatic rings. The van der Waals surface area contributed by atoms with Crippen molar-refractivity contribution in [3.05, 3.63) is 15.6 Å². The fourth-order valence-electron chi connectivity index (χ4n) is 1.71. The number of carbonyl (C=O) groups is 2. The summed E-state index contributed by atoms with van der Waals surface area (Å²) in [6.07, 6.45) is 0.948. The summed E-state index contributed by atoms with van der Waals surface area (Å²) >= 11 is 1.12. The molecule has 1 fully saturated rings. The number of carboxylic acids is 1. The Morgan fingerprint density at radius 2 is 2.24 bits per heavy atom. The van der Waals surface area contributed by atoms with E-state index in [1.165, 1.54) is 0 Å². The van der Waals surface area contributed by atoms with Gasteiger partial charge in [-0.3, -0.25) is 4.79 Å². The molecule has 0 aromatic carbocycles. The third kappa shape index (κ3) is 2.63. The van der Waals surface area contributed by atoms with Crippen LogP contribution in [-0.4, -0.2) is 22.0 Å². The second kappa shape index (κ2) is 4.44. The van der Waals surface area contributed by atoms with Crippen molar-refractivity contribution in [3.63, 3.8) is 0 Å². The second-order valence-electron chi connectivity index (χ2n) is 4.36. The monoisotopic (exact) mass is 254 g/mol. The van der Waals surface area contributed by atoms with Crippen molar-refractivity contribution < 1.29 is 14.7 Å². The predicted molar refractivity (Wildman–Crippen MR) is 62.9 cm³/mol. The number of aromatic nitrogens is 1. The fourth-order valence-corrected chi connectivity index (χ4v) is 2.55. The first kappa shape index (κ1) is 12.0. The maximum absolute atomic E-state index is 11.6. The van der Waals surface area contributed by atoms with Crippen molar-refractivity contribution in [1.29, 1.82) is 0 Å². The molecule has 1 aromatic rings. The predicted octanol–water partition coefficient (Wildman–Crippen LogP) is 1.42. The minimum atomic E-state index is -0.964. The molecule has 1 aliphatic carbocycles. The van der Waals surface area contributed by atoms with Gasteiger partial charge in [-0.2, -0.15) is 0 Å². The Hall–Kier alpha value is -1.43. The number of amides is 1. The van der Waals surface area contributed by atoms with E-state index < -0.39 is 5.97 Å². The summed E-state index contributed by atoms with van der Waals surface area (Å²) in [5.41, 5.74) is 0.506. The van der Waals surface area contributed by atoms with E-state index in [2.05, 4.69) is 10.3 Å². The van der Waals surface area contributed by atoms with Gasteiger partial charge in [0.2, 0.25) is 5.91 Å². The van der Waals surface area contributed by atoms with E-state index in [0.717, 1.165) is 17.8 Å². The molecule has 0 aliphatic heterocycles. The summed E-state index contributed by atoms with van der Waals surface area (Å²) in [6, 6.07) is 0. The van der Waals surface area contributed by atoms with Crippen molar-refractivity contribution in [2.75, 3.05) is 0 Å². The van der Waals surface area contributed by atoms with Crippen LogP contribution in [0.4, 0.5) is 0 Å². The lowest BCUT2D eigenvalue weighted by Gasteiger charge is -2.00. The van der Waals surface area contributed by atoms with Gasteiger partial charge in [0.1, 0.15) is 9.88 Å². The highest BCUT2D eigenvalue weighted by atomic mass is 32.1. The molecule has 2 rings (SSSR count). The van der Waals surface area contributed by atoms with E-state index in [9.17, 15) is 9.59 Å². The van der Waals surface area contributed by atoms with Crippen LogP contribution in [-0.2, 0) is 11.3 Å². The van der Waals surface area contributed by atoms with Crippen LogP contribution in [0.2, 0.25) is 0 Å². The van der Waals surface area contributed by atoms with Gasteiger partial charge in [-0.05, 0) is 19.3 Å². The lowest BCUT2D eigenvalue weighted by Crippen LogP contribution is -2.24. The normalized spacial score (nSPS) is 22.2. The summed E-state index contributed by atoms with van der Waals surface area (Å²) in [6.45, 7) is 4.02. The number of hydrogen-bond acceptors (Lipinski definition) is 4. The summed E-state index contributed by atoms with van der Waals surface area (Å²) in [7, 11) is 0. The molecule has 0 radical (unpaired) electrons. The van der Waals surface area contributed by atoms with Crippen LogP contribution in [0.25, 0.3) is 0 Å². The molecule has 2 N–H and O–H groups in total. The first-order chi connectivity index (χ1) is 7.99. The van der Waals surface area contributed by atoms with Crippen LogP contribution in [0, 0.1) is 18.8 Å². The average Bonchev–Trinajstić information content (AvgIpc) is 2.85. The first-order valence-corrected chi connectivity index (χ1v) is 6.28. The maximum atomic E-state index is 11.6. The molecule has 6 heteroatoms. The van der Waals surface area contributed by atoms with Crippen molar-refractivity contribution in [1.82, 2.24) is 10.3 Å². The van der Waals surface area contributed by atoms with Crippen molar-refractivity contribution in [2.45, 2.75) is 26.8 Å². The van der Waals surface area contributed by atoms with E-state index in [1.807, 2.05) is 6.92 Å². The Kier molecular flexibility index (Phi) is 3.15. The van der Waals surface area contributed by atoms with Crippen molar-refractivity contribution in [2.24, 2.45) is 11.8 Å². The highest BCUT2D eigenvalue weighted by Crippen LogP contribution is 2.37. The standard InChI is InChI=1S/C11H14N2O3S/c1-5-3-7(5)10(14)12-4-8-13-6(2)9(17-8)11(15)16/h5,7H,3-4H2,1-2H3,(H,12,14)(H,15,16). The van der Waals surface area contributed by atoms with Crippen molar-refractivity contribution in [3.8, 4) is 0 Å². The third-order valence-electron chi connectivity index (χ3n) is 2.90. The molecular formula is C11H14N2O3S. The van der Waals surface area contributed by atoms with Crippen molar-refractivity contribution >= 4 is 23.2 Å². The van der Waals surface area contributed by atoms with Gasteiger partial charge in [0.05, 0.1) is 12.2 Å². The van der Waals surface area contributed by atoms with Crippen LogP contribution < -0.4 is 5.32 Å². The number of hydrogen-bond donors (Lipinski definition) is 2. The second-order valence-corrected chi connectivity index (χ2v) is 5.45. The Labute approximate surface area is 103 Å². The Balaban J connectivity index is 1.93. The SMILES string of the molecule is Cc1nc(CNC(=O)C2CC2C)sc1C(=O)O. The zero-order chi connectivity index (χ0) is 12.6. The zero-order valence-electron chi connectivity index (χ0n) is 9.69. The third-order valence-corrected chi connectivity index (χ3v) is 4.04. The number of rotatable bonds is 4. The molecule has 5 nitrogen and oxygen atoms in total. The number of thiazole rings is 1. The number of carboxylic acid groups (broad SMARTS) is 1. The van der Waals surface area contributed by atoms with E-state index in [4.69, 9.17) is 5.11 Å². The van der Waals surface area contributed by atoms with Crippen LogP contribution in [0.5, 0.6) is 0 Å². The molecule has 92 valence electrons. The maximum Gasteiger partial charge on any atom is 0.347 e. The molecule has 2 unspecified atom stereocenters. The smallest absolute Gasteiger partial charge is 0.347 e. The summed E-state index contributed by atoms with van der Waals surface area (Å²) in [4.78, 5) is 26.8. The topological polar surface area (TPSA) is 79.3 Å². The zero-order valence-corrected chi connectivity index (χ0v) is 10.5. The molecule has 1 aromatic heterocycles. The molecule has 0 bridgehead atoms. The number of aromatic carboxylic acids is 1. The fraction of sp³-hybridized carbons (Fsp3) is 0.545. The average molecular weight is 254 g/mol. The van der Waals surface area contributed by atoms with E-state index in [1.54, 1.807) is 6.92 Å². The van der Waals surface area contributed by atoms with Gasteiger partial charge in [0.25, 0.3) is 0 Å². The lowest BCUT2D eigenvalue weighted by atomic mass is 10.3. The minimum absolute atomic E-state index is 0.0437. The quantitative estimate of drug-likeness (QED) is 0.851. The summed E-state index contributed by atoms with van der Waals surface area (Å²) in [5, 5.41) is 12.3. The van der Waals surface area contributed by atoms with Gasteiger partial charge in [0.15, 0.2) is 0 Å². The van der Waals surface area contributed by atoms with Gasteiger partial charge in [-0.25, -0.2) is 9.78 Å².